The molecule has 172 valence electrons. The van der Waals surface area contributed by atoms with Gasteiger partial charge in [0.25, 0.3) is 5.91 Å². The first-order valence-electron chi connectivity index (χ1n) is 11.1. The van der Waals surface area contributed by atoms with Crippen LogP contribution >= 0.6 is 22.9 Å². The molecule has 0 spiro atoms. The molecule has 4 nitrogen and oxygen atoms in total. The maximum absolute atomic E-state index is 13.4. The molecule has 1 atom stereocenters. The van der Waals surface area contributed by atoms with E-state index < -0.39 is 0 Å². The van der Waals surface area contributed by atoms with Gasteiger partial charge in [0.1, 0.15) is 10.8 Å². The Kier molecular flexibility index (Phi) is 6.91. The molecule has 0 unspecified atom stereocenters. The number of para-hydroxylation sites is 1. The average molecular weight is 481 g/mol. The summed E-state index contributed by atoms with van der Waals surface area (Å²) in [7, 11) is 1.62. The third-order valence-electron chi connectivity index (χ3n) is 6.24. The molecule has 1 aromatic heterocycles. The molecule has 0 radical (unpaired) electrons. The molecule has 3 aromatic rings. The van der Waals surface area contributed by atoms with Crippen LogP contribution in [0, 0.1) is 11.3 Å². The number of carbonyl (C=O) groups is 1. The summed E-state index contributed by atoms with van der Waals surface area (Å²) in [5.74, 6) is 1.16. The van der Waals surface area contributed by atoms with Crippen LogP contribution in [0.1, 0.15) is 53.6 Å². The van der Waals surface area contributed by atoms with Crippen LogP contribution in [-0.4, -0.2) is 19.2 Å². The van der Waals surface area contributed by atoms with E-state index in [-0.39, 0.29) is 11.3 Å². The fraction of sp³-hybridized carbons (Fsp3) is 0.333. The van der Waals surface area contributed by atoms with Crippen LogP contribution in [0.4, 0.5) is 10.7 Å². The number of benzene rings is 2. The van der Waals surface area contributed by atoms with Gasteiger partial charge in [0.05, 0.1) is 12.7 Å². The monoisotopic (exact) mass is 480 g/mol. The number of hydrogen-bond donors (Lipinski definition) is 1. The van der Waals surface area contributed by atoms with E-state index in [2.05, 4.69) is 26.1 Å². The quantitative estimate of drug-likeness (QED) is 0.383. The highest BCUT2D eigenvalue weighted by Crippen LogP contribution is 2.45. The first-order chi connectivity index (χ1) is 15.8. The summed E-state index contributed by atoms with van der Waals surface area (Å²) < 4.78 is 5.45. The van der Waals surface area contributed by atoms with Crippen molar-refractivity contribution in [2.45, 2.75) is 40.0 Å². The van der Waals surface area contributed by atoms with Gasteiger partial charge in [-0.15, -0.1) is 11.3 Å². The van der Waals surface area contributed by atoms with Crippen molar-refractivity contribution in [1.29, 1.82) is 0 Å². The minimum atomic E-state index is -0.113. The number of rotatable bonds is 5. The lowest BCUT2D eigenvalue weighted by Gasteiger charge is -2.33. The van der Waals surface area contributed by atoms with Crippen molar-refractivity contribution in [3.05, 3.63) is 75.1 Å². The third kappa shape index (κ3) is 5.31. The van der Waals surface area contributed by atoms with Gasteiger partial charge in [-0.2, -0.15) is 0 Å². The fourth-order valence-corrected chi connectivity index (χ4v) is 5.73. The van der Waals surface area contributed by atoms with E-state index in [0.29, 0.717) is 22.3 Å². The van der Waals surface area contributed by atoms with Gasteiger partial charge in [-0.25, -0.2) is 4.99 Å². The number of amides is 1. The van der Waals surface area contributed by atoms with Crippen LogP contribution in [0.2, 0.25) is 5.02 Å². The molecule has 1 aliphatic rings. The van der Waals surface area contributed by atoms with E-state index in [9.17, 15) is 4.79 Å². The minimum absolute atomic E-state index is 0.113. The molecule has 33 heavy (non-hydrogen) atoms. The number of anilines is 1. The Morgan fingerprint density at radius 1 is 1.21 bits per heavy atom. The Balaban J connectivity index is 1.73. The Morgan fingerprint density at radius 3 is 2.67 bits per heavy atom. The van der Waals surface area contributed by atoms with Gasteiger partial charge in [-0.1, -0.05) is 50.6 Å². The number of thiophene rings is 1. The number of fused-ring (bicyclic) bond motifs is 1. The Bertz CT molecular complexity index is 1180. The number of carbonyl (C=O) groups excluding carboxylic acids is 1. The molecule has 4 rings (SSSR count). The van der Waals surface area contributed by atoms with Gasteiger partial charge in [0.15, 0.2) is 0 Å². The predicted molar refractivity (Wildman–Crippen MR) is 139 cm³/mol. The van der Waals surface area contributed by atoms with Crippen molar-refractivity contribution < 1.29 is 9.53 Å². The van der Waals surface area contributed by atoms with Gasteiger partial charge in [-0.3, -0.25) is 4.79 Å². The molecule has 0 fully saturated rings. The SMILES string of the molecule is COc1ccc(Cl)cc1C=Nc1sc2c(c1C(=O)Nc1ccccc1)CC[C@H](C(C)(C)C)C2. The molecule has 1 aliphatic carbocycles. The molecule has 6 heteroatoms. The number of nitrogens with one attached hydrogen (secondary N) is 1. The van der Waals surface area contributed by atoms with Crippen LogP contribution in [-0.2, 0) is 12.8 Å². The maximum Gasteiger partial charge on any atom is 0.259 e. The largest absolute Gasteiger partial charge is 0.496 e. The molecular weight excluding hydrogens is 452 g/mol. The summed E-state index contributed by atoms with van der Waals surface area (Å²) >= 11 is 7.82. The first kappa shape index (κ1) is 23.5. The Morgan fingerprint density at radius 2 is 1.97 bits per heavy atom. The van der Waals surface area contributed by atoms with Crippen molar-refractivity contribution >= 4 is 45.7 Å². The number of ether oxygens (including phenoxy) is 1. The Hall–Kier alpha value is -2.63. The molecule has 2 aromatic carbocycles. The summed E-state index contributed by atoms with van der Waals surface area (Å²) in [6.07, 6.45) is 4.68. The number of halogens is 1. The number of hydrogen-bond acceptors (Lipinski definition) is 4. The maximum atomic E-state index is 13.4. The number of nitrogens with zero attached hydrogens (tertiary/aromatic N) is 1. The standard InChI is InChI=1S/C27H29ClN2O2S/c1-27(2,3)18-10-12-21-23(15-18)33-26(24(21)25(31)30-20-8-6-5-7-9-20)29-16-17-14-19(28)11-13-22(17)32-4/h5-9,11,13-14,16,18H,10,12,15H2,1-4H3,(H,30,31)/t18-/m0/s1. The van der Waals surface area contributed by atoms with Gasteiger partial charge >= 0.3 is 0 Å². The second-order valence-electron chi connectivity index (χ2n) is 9.45. The van der Waals surface area contributed by atoms with Gasteiger partial charge < -0.3 is 10.1 Å². The van der Waals surface area contributed by atoms with Crippen molar-refractivity contribution in [1.82, 2.24) is 0 Å². The second kappa shape index (κ2) is 9.70. The fourth-order valence-electron chi connectivity index (χ4n) is 4.29. The highest BCUT2D eigenvalue weighted by Gasteiger charge is 2.33. The van der Waals surface area contributed by atoms with Crippen LogP contribution in [0.5, 0.6) is 5.75 Å². The number of aliphatic imine (C=N–C) groups is 1. The van der Waals surface area contributed by atoms with Crippen LogP contribution in [0.15, 0.2) is 53.5 Å². The normalized spacial score (nSPS) is 16.0. The van der Waals surface area contributed by atoms with Crippen molar-refractivity contribution in [2.24, 2.45) is 16.3 Å². The summed E-state index contributed by atoms with van der Waals surface area (Å²) in [5.41, 5.74) is 3.60. The Labute approximate surface area is 204 Å². The van der Waals surface area contributed by atoms with Gasteiger partial charge in [0, 0.05) is 27.4 Å². The average Bonchev–Trinajstić information content (AvgIpc) is 3.15. The van der Waals surface area contributed by atoms with Crippen molar-refractivity contribution in [3.8, 4) is 5.75 Å². The lowest BCUT2D eigenvalue weighted by molar-refractivity contribution is 0.102. The molecule has 0 aliphatic heterocycles. The summed E-state index contributed by atoms with van der Waals surface area (Å²) in [4.78, 5) is 19.5. The predicted octanol–water partition coefficient (Wildman–Crippen LogP) is 7.56. The molecule has 1 amide bonds. The first-order valence-corrected chi connectivity index (χ1v) is 12.3. The van der Waals surface area contributed by atoms with Crippen molar-refractivity contribution in [2.75, 3.05) is 12.4 Å². The topological polar surface area (TPSA) is 50.7 Å². The van der Waals surface area contributed by atoms with Crippen molar-refractivity contribution in [3.63, 3.8) is 0 Å². The summed E-state index contributed by atoms with van der Waals surface area (Å²) in [6.45, 7) is 6.89. The zero-order valence-electron chi connectivity index (χ0n) is 19.4. The van der Waals surface area contributed by atoms with Crippen LogP contribution in [0.3, 0.4) is 0 Å². The van der Waals surface area contributed by atoms with E-state index in [0.717, 1.165) is 41.1 Å². The zero-order chi connectivity index (χ0) is 23.6. The van der Waals surface area contributed by atoms with Crippen LogP contribution in [0.25, 0.3) is 0 Å². The molecule has 1 N–H and O–H groups in total. The molecule has 0 bridgehead atoms. The summed E-state index contributed by atoms with van der Waals surface area (Å²) in [5, 5.41) is 4.39. The second-order valence-corrected chi connectivity index (χ2v) is 11.0. The van der Waals surface area contributed by atoms with E-state index in [1.54, 1.807) is 30.7 Å². The summed E-state index contributed by atoms with van der Waals surface area (Å²) in [6, 6.07) is 15.0. The van der Waals surface area contributed by atoms with E-state index in [1.165, 1.54) is 4.88 Å². The smallest absolute Gasteiger partial charge is 0.259 e. The van der Waals surface area contributed by atoms with Crippen LogP contribution < -0.4 is 10.1 Å². The van der Waals surface area contributed by atoms with Gasteiger partial charge in [-0.05, 0) is 66.5 Å². The molecule has 0 saturated heterocycles. The highest BCUT2D eigenvalue weighted by atomic mass is 35.5. The lowest BCUT2D eigenvalue weighted by Crippen LogP contribution is -2.27. The van der Waals surface area contributed by atoms with E-state index >= 15 is 0 Å². The third-order valence-corrected chi connectivity index (χ3v) is 7.64. The minimum Gasteiger partial charge on any atom is -0.496 e. The van der Waals surface area contributed by atoms with E-state index in [4.69, 9.17) is 21.3 Å². The molecule has 0 saturated carbocycles. The lowest BCUT2D eigenvalue weighted by atomic mass is 9.72. The van der Waals surface area contributed by atoms with E-state index in [1.807, 2.05) is 42.5 Å². The molecule has 1 heterocycles. The molecular formula is C27H29ClN2O2S. The zero-order valence-corrected chi connectivity index (χ0v) is 21.0. The van der Waals surface area contributed by atoms with Gasteiger partial charge in [0.2, 0.25) is 0 Å². The highest BCUT2D eigenvalue weighted by molar-refractivity contribution is 7.16. The number of methoxy groups -OCH3 is 1.